The van der Waals surface area contributed by atoms with Gasteiger partial charge in [-0.2, -0.15) is 5.26 Å². The Balaban J connectivity index is 1.71. The van der Waals surface area contributed by atoms with Gasteiger partial charge in [-0.3, -0.25) is 0 Å². The lowest BCUT2D eigenvalue weighted by molar-refractivity contribution is 0.267. The number of nitriles is 1. The summed E-state index contributed by atoms with van der Waals surface area (Å²) in [6.45, 7) is 6.73. The second kappa shape index (κ2) is 10.9. The van der Waals surface area contributed by atoms with Crippen molar-refractivity contribution in [3.05, 3.63) is 100 Å². The molecular formula is C28H24BrN3O2. The van der Waals surface area contributed by atoms with E-state index in [2.05, 4.69) is 38.5 Å². The highest BCUT2D eigenvalue weighted by molar-refractivity contribution is 9.10. The first kappa shape index (κ1) is 23.3. The molecule has 0 saturated carbocycles. The highest BCUT2D eigenvalue weighted by Gasteiger charge is 2.15. The Bertz CT molecular complexity index is 1350. The molecule has 6 heteroatoms. The van der Waals surface area contributed by atoms with Crippen molar-refractivity contribution in [1.82, 2.24) is 9.97 Å². The maximum Gasteiger partial charge on any atom is 0.165 e. The first-order chi connectivity index (χ1) is 16.6. The van der Waals surface area contributed by atoms with E-state index in [0.717, 1.165) is 32.2 Å². The molecular weight excluding hydrogens is 490 g/mol. The van der Waals surface area contributed by atoms with Gasteiger partial charge < -0.3 is 14.5 Å². The fraction of sp³-hybridized carbons (Fsp3) is 0.143. The van der Waals surface area contributed by atoms with Crippen molar-refractivity contribution in [3.63, 3.8) is 0 Å². The Kier molecular flexibility index (Phi) is 7.46. The van der Waals surface area contributed by atoms with Crippen molar-refractivity contribution < 1.29 is 9.47 Å². The van der Waals surface area contributed by atoms with Crippen LogP contribution in [-0.4, -0.2) is 16.6 Å². The Morgan fingerprint density at radius 1 is 1.15 bits per heavy atom. The largest absolute Gasteiger partial charge is 0.490 e. The van der Waals surface area contributed by atoms with Crippen LogP contribution < -0.4 is 9.47 Å². The van der Waals surface area contributed by atoms with Crippen LogP contribution in [0.3, 0.4) is 0 Å². The summed E-state index contributed by atoms with van der Waals surface area (Å²) in [4.78, 5) is 7.79. The van der Waals surface area contributed by atoms with Crippen molar-refractivity contribution in [2.45, 2.75) is 20.0 Å². The van der Waals surface area contributed by atoms with Crippen molar-refractivity contribution >= 4 is 38.6 Å². The average Bonchev–Trinajstić information content (AvgIpc) is 3.27. The summed E-state index contributed by atoms with van der Waals surface area (Å²) >= 11 is 3.46. The van der Waals surface area contributed by atoms with E-state index in [1.54, 1.807) is 0 Å². The minimum Gasteiger partial charge on any atom is -0.490 e. The number of benzene rings is 3. The summed E-state index contributed by atoms with van der Waals surface area (Å²) in [7, 11) is 0. The number of halogens is 1. The Labute approximate surface area is 207 Å². The van der Waals surface area contributed by atoms with Crippen LogP contribution >= 0.6 is 15.9 Å². The molecule has 0 aliphatic heterocycles. The predicted molar refractivity (Wildman–Crippen MR) is 140 cm³/mol. The Morgan fingerprint density at radius 3 is 2.65 bits per heavy atom. The molecule has 0 amide bonds. The number of nitrogens with one attached hydrogen (secondary N) is 1. The maximum atomic E-state index is 9.84. The second-order valence-corrected chi connectivity index (χ2v) is 8.54. The lowest BCUT2D eigenvalue weighted by atomic mass is 10.0. The molecule has 0 bridgehead atoms. The topological polar surface area (TPSA) is 70.9 Å². The van der Waals surface area contributed by atoms with Crippen molar-refractivity contribution in [1.29, 1.82) is 5.26 Å². The van der Waals surface area contributed by atoms with E-state index in [9.17, 15) is 5.26 Å². The van der Waals surface area contributed by atoms with Crippen molar-refractivity contribution in [2.24, 2.45) is 0 Å². The standard InChI is InChI=1S/C28H24BrN3O2/c1-3-7-21-14-20(15-22(17-30)28-31-24-8-5-6-9-25(24)32-28)16-26(33-4-2)27(21)34-18-19-10-12-23(29)13-11-19/h3,5-6,8-16H,1,4,7,18H2,2H3,(H,31,32)/b22-15+. The normalized spacial score (nSPS) is 11.3. The number of ether oxygens (including phenoxy) is 2. The lowest BCUT2D eigenvalue weighted by Gasteiger charge is -2.17. The molecule has 0 aliphatic rings. The number of para-hydroxylation sites is 2. The van der Waals surface area contributed by atoms with Crippen LogP contribution in [0.15, 0.2) is 77.8 Å². The van der Waals surface area contributed by atoms with E-state index in [1.165, 1.54) is 0 Å². The molecule has 0 saturated heterocycles. The number of nitrogens with zero attached hydrogens (tertiary/aromatic N) is 2. The van der Waals surface area contributed by atoms with Gasteiger partial charge in [0, 0.05) is 10.0 Å². The van der Waals surface area contributed by atoms with Gasteiger partial charge >= 0.3 is 0 Å². The number of H-pyrrole nitrogens is 1. The van der Waals surface area contributed by atoms with Gasteiger partial charge in [0.05, 0.1) is 23.2 Å². The third-order valence-corrected chi connectivity index (χ3v) is 5.72. The molecule has 1 aromatic heterocycles. The number of imidazole rings is 1. The zero-order valence-corrected chi connectivity index (χ0v) is 20.4. The van der Waals surface area contributed by atoms with Gasteiger partial charge in [0.2, 0.25) is 0 Å². The summed E-state index contributed by atoms with van der Waals surface area (Å²) in [5, 5.41) is 9.84. The van der Waals surface area contributed by atoms with Gasteiger partial charge in [-0.15, -0.1) is 6.58 Å². The molecule has 0 radical (unpaired) electrons. The van der Waals surface area contributed by atoms with Gasteiger partial charge in [-0.05, 0) is 66.9 Å². The average molecular weight is 514 g/mol. The minimum absolute atomic E-state index is 0.412. The van der Waals surface area contributed by atoms with Crippen LogP contribution in [0.25, 0.3) is 22.7 Å². The zero-order valence-electron chi connectivity index (χ0n) is 18.8. The first-order valence-electron chi connectivity index (χ1n) is 11.0. The predicted octanol–water partition coefficient (Wildman–Crippen LogP) is 7.10. The second-order valence-electron chi connectivity index (χ2n) is 7.62. The number of aromatic amines is 1. The molecule has 4 aromatic rings. The van der Waals surface area contributed by atoms with Gasteiger partial charge in [0.15, 0.2) is 11.5 Å². The first-order valence-corrected chi connectivity index (χ1v) is 11.7. The van der Waals surface area contributed by atoms with Gasteiger partial charge in [0.1, 0.15) is 18.5 Å². The molecule has 34 heavy (non-hydrogen) atoms. The Hall–Kier alpha value is -3.82. The molecule has 1 N–H and O–H groups in total. The van der Waals surface area contributed by atoms with Crippen LogP contribution in [0.2, 0.25) is 0 Å². The summed E-state index contributed by atoms with van der Waals surface area (Å²) in [6, 6.07) is 21.9. The van der Waals surface area contributed by atoms with E-state index in [-0.39, 0.29) is 0 Å². The third-order valence-electron chi connectivity index (χ3n) is 5.19. The van der Waals surface area contributed by atoms with Crippen LogP contribution in [0.5, 0.6) is 11.5 Å². The molecule has 0 aliphatic carbocycles. The van der Waals surface area contributed by atoms with Gasteiger partial charge in [-0.1, -0.05) is 46.3 Å². The summed E-state index contributed by atoms with van der Waals surface area (Å²) < 4.78 is 13.2. The van der Waals surface area contributed by atoms with E-state index < -0.39 is 0 Å². The number of rotatable bonds is 9. The molecule has 0 fully saturated rings. The van der Waals surface area contributed by atoms with Gasteiger partial charge in [0.25, 0.3) is 0 Å². The number of hydrogen-bond donors (Lipinski definition) is 1. The van der Waals surface area contributed by atoms with Crippen molar-refractivity contribution in [2.75, 3.05) is 6.61 Å². The van der Waals surface area contributed by atoms with Crippen LogP contribution in [-0.2, 0) is 13.0 Å². The molecule has 4 rings (SSSR count). The molecule has 0 atom stereocenters. The Morgan fingerprint density at radius 2 is 1.94 bits per heavy atom. The van der Waals surface area contributed by atoms with E-state index in [4.69, 9.17) is 9.47 Å². The van der Waals surface area contributed by atoms with E-state index >= 15 is 0 Å². The van der Waals surface area contributed by atoms with Crippen LogP contribution in [0, 0.1) is 11.3 Å². The number of fused-ring (bicyclic) bond motifs is 1. The highest BCUT2D eigenvalue weighted by atomic mass is 79.9. The maximum absolute atomic E-state index is 9.84. The monoisotopic (exact) mass is 513 g/mol. The van der Waals surface area contributed by atoms with Crippen LogP contribution in [0.4, 0.5) is 0 Å². The summed E-state index contributed by atoms with van der Waals surface area (Å²) in [6.07, 6.45) is 4.24. The fourth-order valence-electron chi connectivity index (χ4n) is 3.64. The number of aromatic nitrogens is 2. The molecule has 1 heterocycles. The summed E-state index contributed by atoms with van der Waals surface area (Å²) in [5.41, 5.74) is 4.96. The highest BCUT2D eigenvalue weighted by Crippen LogP contribution is 2.36. The molecule has 5 nitrogen and oxygen atoms in total. The minimum atomic E-state index is 0.412. The number of hydrogen-bond acceptors (Lipinski definition) is 4. The van der Waals surface area contributed by atoms with Crippen LogP contribution in [0.1, 0.15) is 29.4 Å². The van der Waals surface area contributed by atoms with Gasteiger partial charge in [-0.25, -0.2) is 4.98 Å². The SMILES string of the molecule is C=CCc1cc(/C=C(\C#N)c2nc3ccccc3[nH]2)cc(OCC)c1OCc1ccc(Br)cc1. The lowest BCUT2D eigenvalue weighted by Crippen LogP contribution is -2.03. The quantitative estimate of drug-likeness (QED) is 0.191. The molecule has 170 valence electrons. The zero-order chi connectivity index (χ0) is 23.9. The number of allylic oxidation sites excluding steroid dienone is 2. The third kappa shape index (κ3) is 5.38. The molecule has 3 aromatic carbocycles. The van der Waals surface area contributed by atoms with E-state index in [0.29, 0.717) is 42.5 Å². The smallest absolute Gasteiger partial charge is 0.165 e. The fourth-order valence-corrected chi connectivity index (χ4v) is 3.90. The molecule has 0 unspecified atom stereocenters. The summed E-state index contributed by atoms with van der Waals surface area (Å²) in [5.74, 6) is 1.85. The van der Waals surface area contributed by atoms with E-state index in [1.807, 2.05) is 79.7 Å². The van der Waals surface area contributed by atoms with Crippen molar-refractivity contribution in [3.8, 4) is 17.6 Å². The molecule has 0 spiro atoms.